The molecule has 6 heteroatoms. The summed E-state index contributed by atoms with van der Waals surface area (Å²) in [4.78, 5) is 14.8. The number of aliphatic hydroxyl groups is 1. The van der Waals surface area contributed by atoms with Crippen LogP contribution in [-0.2, 0) is 11.3 Å². The van der Waals surface area contributed by atoms with Gasteiger partial charge in [-0.25, -0.2) is 0 Å². The molecular weight excluding hydrogens is 298 g/mol. The van der Waals surface area contributed by atoms with Crippen LogP contribution in [-0.4, -0.2) is 40.3 Å². The van der Waals surface area contributed by atoms with Crippen molar-refractivity contribution in [3.05, 3.63) is 21.3 Å². The third-order valence-electron chi connectivity index (χ3n) is 4.04. The molecule has 4 nitrogen and oxygen atoms in total. The topological polar surface area (TPSA) is 60.8 Å². The maximum absolute atomic E-state index is 11.7. The second kappa shape index (κ2) is 6.43. The predicted octanol–water partition coefficient (Wildman–Crippen LogP) is 2.84. The average Bonchev–Trinajstić information content (AvgIpc) is 2.79. The van der Waals surface area contributed by atoms with Crippen LogP contribution in [0.3, 0.4) is 0 Å². The number of aliphatic hydroxyl groups excluding tert-OH is 1. The van der Waals surface area contributed by atoms with E-state index in [2.05, 4.69) is 4.90 Å². The quantitative estimate of drug-likeness (QED) is 0.876. The Hall–Kier alpha value is -0.620. The molecule has 2 heterocycles. The number of aliphatic carboxylic acids is 1. The molecule has 1 saturated heterocycles. The zero-order valence-electron chi connectivity index (χ0n) is 11.5. The first-order valence-corrected chi connectivity index (χ1v) is 8.11. The van der Waals surface area contributed by atoms with Crippen molar-refractivity contribution >= 4 is 28.9 Å². The van der Waals surface area contributed by atoms with E-state index in [0.29, 0.717) is 32.5 Å². The Balaban J connectivity index is 2.14. The van der Waals surface area contributed by atoms with Crippen LogP contribution in [0.4, 0.5) is 0 Å². The first kappa shape index (κ1) is 15.8. The summed E-state index contributed by atoms with van der Waals surface area (Å²) >= 11 is 7.68. The van der Waals surface area contributed by atoms with Crippen molar-refractivity contribution in [2.75, 3.05) is 13.1 Å². The fourth-order valence-electron chi connectivity index (χ4n) is 2.95. The number of halogens is 1. The van der Waals surface area contributed by atoms with Crippen LogP contribution in [0, 0.1) is 5.41 Å². The Bertz CT molecular complexity index is 479. The van der Waals surface area contributed by atoms with Gasteiger partial charge >= 0.3 is 5.97 Å². The lowest BCUT2D eigenvalue weighted by molar-refractivity contribution is -0.164. The Morgan fingerprint density at radius 3 is 2.95 bits per heavy atom. The molecule has 0 bridgehead atoms. The van der Waals surface area contributed by atoms with Gasteiger partial charge in [-0.2, -0.15) is 0 Å². The van der Waals surface area contributed by atoms with Crippen molar-refractivity contribution in [1.29, 1.82) is 0 Å². The minimum Gasteiger partial charge on any atom is -0.481 e. The largest absolute Gasteiger partial charge is 0.481 e. The summed E-state index contributed by atoms with van der Waals surface area (Å²) in [7, 11) is 0. The van der Waals surface area contributed by atoms with Crippen molar-refractivity contribution in [3.8, 4) is 0 Å². The molecule has 2 N–H and O–H groups in total. The van der Waals surface area contributed by atoms with Crippen LogP contribution < -0.4 is 0 Å². The van der Waals surface area contributed by atoms with Gasteiger partial charge in [0.2, 0.25) is 0 Å². The van der Waals surface area contributed by atoms with Crippen LogP contribution in [0.2, 0.25) is 5.02 Å². The smallest absolute Gasteiger partial charge is 0.313 e. The molecule has 0 saturated carbocycles. The van der Waals surface area contributed by atoms with Gasteiger partial charge in [-0.05, 0) is 24.3 Å². The van der Waals surface area contributed by atoms with Crippen molar-refractivity contribution in [2.45, 2.75) is 38.8 Å². The minimum atomic E-state index is -1.04. The van der Waals surface area contributed by atoms with E-state index in [1.807, 2.05) is 18.4 Å². The van der Waals surface area contributed by atoms with Gasteiger partial charge in [0.25, 0.3) is 0 Å². The Morgan fingerprint density at radius 1 is 1.65 bits per heavy atom. The van der Waals surface area contributed by atoms with Crippen LogP contribution in [0.25, 0.3) is 0 Å². The molecule has 0 unspecified atom stereocenters. The van der Waals surface area contributed by atoms with Crippen LogP contribution in [0.15, 0.2) is 11.4 Å². The molecule has 0 spiro atoms. The summed E-state index contributed by atoms with van der Waals surface area (Å²) in [6.45, 7) is 3.69. The molecule has 1 aliphatic heterocycles. The van der Waals surface area contributed by atoms with E-state index in [0.717, 1.165) is 16.3 Å². The molecule has 0 radical (unpaired) electrons. The van der Waals surface area contributed by atoms with Gasteiger partial charge in [0.1, 0.15) is 5.41 Å². The lowest BCUT2D eigenvalue weighted by Crippen LogP contribution is -2.55. The molecular formula is C14H20ClNO3S. The fourth-order valence-corrected chi connectivity index (χ4v) is 4.09. The molecule has 1 aromatic heterocycles. The Morgan fingerprint density at radius 2 is 2.40 bits per heavy atom. The average molecular weight is 318 g/mol. The van der Waals surface area contributed by atoms with Gasteiger partial charge in [-0.3, -0.25) is 9.69 Å². The SMILES string of the molecule is CCC[C@@]1(C(=O)O)CN(Cc2sccc2Cl)CC[C@@H]1O. The monoisotopic (exact) mass is 317 g/mol. The van der Waals surface area contributed by atoms with E-state index in [1.165, 1.54) is 0 Å². The van der Waals surface area contributed by atoms with Crippen LogP contribution in [0.5, 0.6) is 0 Å². The molecule has 112 valence electrons. The van der Waals surface area contributed by atoms with E-state index < -0.39 is 17.5 Å². The summed E-state index contributed by atoms with van der Waals surface area (Å²) < 4.78 is 0. The van der Waals surface area contributed by atoms with Gasteiger partial charge in [-0.15, -0.1) is 11.3 Å². The molecule has 1 aliphatic rings. The molecule has 1 aromatic rings. The van der Waals surface area contributed by atoms with Gasteiger partial charge < -0.3 is 10.2 Å². The number of piperidine rings is 1. The number of nitrogens with zero attached hydrogens (tertiary/aromatic N) is 1. The summed E-state index contributed by atoms with van der Waals surface area (Å²) in [6, 6.07) is 1.86. The minimum absolute atomic E-state index is 0.381. The lowest BCUT2D eigenvalue weighted by atomic mass is 9.74. The summed E-state index contributed by atoms with van der Waals surface area (Å²) in [5, 5.41) is 22.4. The second-order valence-corrected chi connectivity index (χ2v) is 6.83. The highest BCUT2D eigenvalue weighted by Gasteiger charge is 2.48. The number of carboxylic acids is 1. The third kappa shape index (κ3) is 3.01. The normalized spacial score (nSPS) is 27.6. The molecule has 20 heavy (non-hydrogen) atoms. The summed E-state index contributed by atoms with van der Waals surface area (Å²) in [5.74, 6) is -0.895. The molecule has 2 atom stereocenters. The zero-order chi connectivity index (χ0) is 14.8. The van der Waals surface area contributed by atoms with E-state index in [-0.39, 0.29) is 0 Å². The number of thiophene rings is 1. The van der Waals surface area contributed by atoms with Crippen molar-refractivity contribution in [2.24, 2.45) is 5.41 Å². The Kier molecular flexibility index (Phi) is 5.07. The number of hydrogen-bond acceptors (Lipinski definition) is 4. The highest BCUT2D eigenvalue weighted by molar-refractivity contribution is 7.10. The molecule has 0 aliphatic carbocycles. The maximum Gasteiger partial charge on any atom is 0.313 e. The van der Waals surface area contributed by atoms with Crippen LogP contribution >= 0.6 is 22.9 Å². The number of likely N-dealkylation sites (tertiary alicyclic amines) is 1. The molecule has 1 fully saturated rings. The molecule has 0 aromatic carbocycles. The van der Waals surface area contributed by atoms with E-state index >= 15 is 0 Å². The van der Waals surface area contributed by atoms with Gasteiger partial charge in [0, 0.05) is 24.5 Å². The van der Waals surface area contributed by atoms with Gasteiger partial charge in [0.05, 0.1) is 11.1 Å². The van der Waals surface area contributed by atoms with Crippen molar-refractivity contribution < 1.29 is 15.0 Å². The number of carbonyl (C=O) groups is 1. The zero-order valence-corrected chi connectivity index (χ0v) is 13.1. The van der Waals surface area contributed by atoms with E-state index in [9.17, 15) is 15.0 Å². The standard InChI is InChI=1S/C14H20ClNO3S/c1-2-5-14(13(18)19)9-16(6-3-12(14)17)8-11-10(15)4-7-20-11/h4,7,12,17H,2-3,5-6,8-9H2,1H3,(H,18,19)/t12-,14+/m0/s1. The second-order valence-electron chi connectivity index (χ2n) is 5.42. The van der Waals surface area contributed by atoms with Crippen LogP contribution in [0.1, 0.15) is 31.1 Å². The number of rotatable bonds is 5. The lowest BCUT2D eigenvalue weighted by Gasteiger charge is -2.43. The highest BCUT2D eigenvalue weighted by Crippen LogP contribution is 2.37. The van der Waals surface area contributed by atoms with Crippen molar-refractivity contribution in [3.63, 3.8) is 0 Å². The Labute approximate surface area is 128 Å². The first-order chi connectivity index (χ1) is 9.49. The van der Waals surface area contributed by atoms with Gasteiger partial charge in [-0.1, -0.05) is 24.9 Å². The third-order valence-corrected chi connectivity index (χ3v) is 5.41. The first-order valence-electron chi connectivity index (χ1n) is 6.85. The van der Waals surface area contributed by atoms with E-state index in [4.69, 9.17) is 11.6 Å². The van der Waals surface area contributed by atoms with E-state index in [1.54, 1.807) is 11.3 Å². The number of carboxylic acid groups (broad SMARTS) is 1. The predicted molar refractivity (Wildman–Crippen MR) is 80.2 cm³/mol. The summed E-state index contributed by atoms with van der Waals surface area (Å²) in [6.07, 6.45) is 0.972. The molecule has 2 rings (SSSR count). The van der Waals surface area contributed by atoms with Gasteiger partial charge in [0.15, 0.2) is 0 Å². The maximum atomic E-state index is 11.7. The highest BCUT2D eigenvalue weighted by atomic mass is 35.5. The molecule has 0 amide bonds. The van der Waals surface area contributed by atoms with Crippen molar-refractivity contribution in [1.82, 2.24) is 4.90 Å². The fraction of sp³-hybridized carbons (Fsp3) is 0.643. The summed E-state index contributed by atoms with van der Waals surface area (Å²) in [5.41, 5.74) is -1.04. The number of hydrogen-bond donors (Lipinski definition) is 2.